The molecule has 0 radical (unpaired) electrons. The molecule has 0 aliphatic heterocycles. The predicted octanol–water partition coefficient (Wildman–Crippen LogP) is 2.55. The molecule has 0 aliphatic carbocycles. The van der Waals surface area contributed by atoms with Crippen molar-refractivity contribution in [2.75, 3.05) is 11.5 Å². The van der Waals surface area contributed by atoms with Gasteiger partial charge < -0.3 is 21.7 Å². The van der Waals surface area contributed by atoms with Crippen molar-refractivity contribution in [1.82, 2.24) is 0 Å². The molecule has 2 rings (SSSR count). The first kappa shape index (κ1) is 12.1. The van der Waals surface area contributed by atoms with Crippen LogP contribution >= 0.6 is 0 Å². The van der Waals surface area contributed by atoms with Gasteiger partial charge >= 0.3 is 0 Å². The zero-order chi connectivity index (χ0) is 13.4. The largest absolute Gasteiger partial charge is 0.506 e. The van der Waals surface area contributed by atoms with Crippen molar-refractivity contribution in [2.45, 2.75) is 13.8 Å². The van der Waals surface area contributed by atoms with Gasteiger partial charge in [0, 0.05) is 0 Å². The Morgan fingerprint density at radius 2 is 1.06 bits per heavy atom. The minimum Gasteiger partial charge on any atom is -0.506 e. The lowest BCUT2D eigenvalue weighted by Crippen LogP contribution is -1.93. The molecular weight excluding hydrogens is 228 g/mol. The van der Waals surface area contributed by atoms with Crippen LogP contribution in [0.5, 0.6) is 11.5 Å². The first-order chi connectivity index (χ1) is 8.40. The van der Waals surface area contributed by atoms with Gasteiger partial charge in [0.05, 0.1) is 11.4 Å². The summed E-state index contributed by atoms with van der Waals surface area (Å²) < 4.78 is 0. The third kappa shape index (κ3) is 1.93. The Morgan fingerprint density at radius 3 is 1.33 bits per heavy atom. The highest BCUT2D eigenvalue weighted by Crippen LogP contribution is 2.35. The number of aromatic hydroxyl groups is 2. The Labute approximate surface area is 105 Å². The van der Waals surface area contributed by atoms with Gasteiger partial charge in [0.2, 0.25) is 0 Å². The van der Waals surface area contributed by atoms with Gasteiger partial charge in [-0.25, -0.2) is 0 Å². The minimum atomic E-state index is 0.0407. The number of hydrogen-bond acceptors (Lipinski definition) is 4. The molecule has 4 heteroatoms. The van der Waals surface area contributed by atoms with E-state index < -0.39 is 0 Å². The Balaban J connectivity index is 2.63. The fraction of sp³-hybridized carbons (Fsp3) is 0.143. The highest BCUT2D eigenvalue weighted by molar-refractivity contribution is 5.76. The second-order valence-corrected chi connectivity index (χ2v) is 4.45. The summed E-state index contributed by atoms with van der Waals surface area (Å²) in [5.74, 6) is 0.0814. The fourth-order valence-corrected chi connectivity index (χ4v) is 1.89. The third-order valence-electron chi connectivity index (χ3n) is 3.06. The number of phenols is 2. The van der Waals surface area contributed by atoms with E-state index in [2.05, 4.69) is 0 Å². The van der Waals surface area contributed by atoms with Crippen LogP contribution in [-0.4, -0.2) is 10.2 Å². The zero-order valence-electron chi connectivity index (χ0n) is 10.4. The number of benzene rings is 2. The minimum absolute atomic E-state index is 0.0407. The highest BCUT2D eigenvalue weighted by atomic mass is 16.3. The van der Waals surface area contributed by atoms with Crippen molar-refractivity contribution in [1.29, 1.82) is 0 Å². The van der Waals surface area contributed by atoms with Gasteiger partial charge in [-0.05, 0) is 60.4 Å². The summed E-state index contributed by atoms with van der Waals surface area (Å²) in [6.07, 6.45) is 0. The second kappa shape index (κ2) is 4.14. The number of hydrogen-bond donors (Lipinski definition) is 4. The molecule has 0 aliphatic rings. The molecule has 18 heavy (non-hydrogen) atoms. The van der Waals surface area contributed by atoms with Gasteiger partial charge in [0.15, 0.2) is 0 Å². The molecule has 4 nitrogen and oxygen atoms in total. The molecule has 0 bridgehead atoms. The van der Waals surface area contributed by atoms with Gasteiger partial charge in [0.25, 0.3) is 0 Å². The molecule has 0 saturated heterocycles. The molecule has 0 aromatic heterocycles. The van der Waals surface area contributed by atoms with Gasteiger partial charge in [-0.2, -0.15) is 0 Å². The van der Waals surface area contributed by atoms with Crippen LogP contribution in [0.2, 0.25) is 0 Å². The summed E-state index contributed by atoms with van der Waals surface area (Å²) in [6.45, 7) is 3.64. The van der Waals surface area contributed by atoms with E-state index in [0.29, 0.717) is 11.4 Å². The number of nitrogen functional groups attached to an aromatic ring is 2. The van der Waals surface area contributed by atoms with E-state index >= 15 is 0 Å². The van der Waals surface area contributed by atoms with Crippen LogP contribution in [0.15, 0.2) is 24.3 Å². The molecule has 0 unspecified atom stereocenters. The van der Waals surface area contributed by atoms with Crippen molar-refractivity contribution in [3.8, 4) is 22.6 Å². The topological polar surface area (TPSA) is 92.5 Å². The summed E-state index contributed by atoms with van der Waals surface area (Å²) in [5.41, 5.74) is 15.3. The predicted molar refractivity (Wildman–Crippen MR) is 73.5 cm³/mol. The zero-order valence-corrected chi connectivity index (χ0v) is 10.4. The van der Waals surface area contributed by atoms with E-state index in [1.165, 1.54) is 0 Å². The van der Waals surface area contributed by atoms with Crippen LogP contribution in [0, 0.1) is 13.8 Å². The van der Waals surface area contributed by atoms with Crippen molar-refractivity contribution in [3.63, 3.8) is 0 Å². The van der Waals surface area contributed by atoms with Crippen molar-refractivity contribution in [2.24, 2.45) is 0 Å². The first-order valence-electron chi connectivity index (χ1n) is 5.58. The van der Waals surface area contributed by atoms with Crippen LogP contribution in [0.25, 0.3) is 11.1 Å². The van der Waals surface area contributed by atoms with E-state index in [9.17, 15) is 10.2 Å². The number of rotatable bonds is 1. The lowest BCUT2D eigenvalue weighted by atomic mass is 9.99. The van der Waals surface area contributed by atoms with E-state index in [4.69, 9.17) is 11.5 Å². The molecule has 0 saturated carbocycles. The van der Waals surface area contributed by atoms with E-state index in [-0.39, 0.29) is 11.5 Å². The summed E-state index contributed by atoms with van der Waals surface area (Å²) in [4.78, 5) is 0. The smallest absolute Gasteiger partial charge is 0.139 e. The highest BCUT2D eigenvalue weighted by Gasteiger charge is 2.09. The van der Waals surface area contributed by atoms with Crippen LogP contribution in [0.3, 0.4) is 0 Å². The molecular formula is C14H16N2O2. The Hall–Kier alpha value is -2.36. The average molecular weight is 244 g/mol. The van der Waals surface area contributed by atoms with Crippen LogP contribution in [0.1, 0.15) is 11.1 Å². The SMILES string of the molecule is Cc1cc(-c2cc(C)c(N)c(O)c2)cc(O)c1N. The Morgan fingerprint density at radius 1 is 0.722 bits per heavy atom. The molecule has 0 atom stereocenters. The fourth-order valence-electron chi connectivity index (χ4n) is 1.89. The Bertz CT molecular complexity index is 520. The van der Waals surface area contributed by atoms with Gasteiger partial charge in [-0.1, -0.05) is 0 Å². The van der Waals surface area contributed by atoms with Gasteiger partial charge in [-0.15, -0.1) is 0 Å². The Kier molecular flexibility index (Phi) is 2.79. The van der Waals surface area contributed by atoms with E-state index in [1.54, 1.807) is 12.1 Å². The van der Waals surface area contributed by atoms with Crippen molar-refractivity contribution in [3.05, 3.63) is 35.4 Å². The van der Waals surface area contributed by atoms with Gasteiger partial charge in [-0.3, -0.25) is 0 Å². The standard InChI is InChI=1S/C14H16N2O2/c1-7-3-9(5-11(17)13(7)15)10-4-8(2)14(16)12(18)6-10/h3-6,17-18H,15-16H2,1-2H3. The maximum atomic E-state index is 9.72. The molecule has 0 heterocycles. The first-order valence-corrected chi connectivity index (χ1v) is 5.58. The molecule has 6 N–H and O–H groups in total. The number of aryl methyl sites for hydroxylation is 2. The lowest BCUT2D eigenvalue weighted by molar-refractivity contribution is 0.476. The summed E-state index contributed by atoms with van der Waals surface area (Å²) in [7, 11) is 0. The molecule has 94 valence electrons. The number of phenolic OH excluding ortho intramolecular Hbond substituents is 2. The quantitative estimate of drug-likeness (QED) is 0.458. The van der Waals surface area contributed by atoms with Crippen molar-refractivity contribution >= 4 is 11.4 Å². The van der Waals surface area contributed by atoms with E-state index in [1.807, 2.05) is 26.0 Å². The van der Waals surface area contributed by atoms with Gasteiger partial charge in [0.1, 0.15) is 11.5 Å². The lowest BCUT2D eigenvalue weighted by Gasteiger charge is -2.11. The second-order valence-electron chi connectivity index (χ2n) is 4.45. The third-order valence-corrected chi connectivity index (χ3v) is 3.06. The van der Waals surface area contributed by atoms with Crippen LogP contribution < -0.4 is 11.5 Å². The van der Waals surface area contributed by atoms with Crippen LogP contribution in [0.4, 0.5) is 11.4 Å². The summed E-state index contributed by atoms with van der Waals surface area (Å²) >= 11 is 0. The molecule has 2 aromatic rings. The van der Waals surface area contributed by atoms with Crippen molar-refractivity contribution < 1.29 is 10.2 Å². The normalized spacial score (nSPS) is 10.6. The molecule has 0 amide bonds. The maximum absolute atomic E-state index is 9.72. The number of anilines is 2. The van der Waals surface area contributed by atoms with Crippen LogP contribution in [-0.2, 0) is 0 Å². The monoisotopic (exact) mass is 244 g/mol. The summed E-state index contributed by atoms with van der Waals surface area (Å²) in [6, 6.07) is 6.87. The average Bonchev–Trinajstić information content (AvgIpc) is 2.31. The molecule has 0 fully saturated rings. The number of nitrogens with two attached hydrogens (primary N) is 2. The molecule has 2 aromatic carbocycles. The summed E-state index contributed by atoms with van der Waals surface area (Å²) in [5, 5.41) is 19.4. The van der Waals surface area contributed by atoms with E-state index in [0.717, 1.165) is 22.3 Å². The maximum Gasteiger partial charge on any atom is 0.139 e. The molecule has 0 spiro atoms.